The van der Waals surface area contributed by atoms with Crippen LogP contribution in [0.3, 0.4) is 0 Å². The number of phenols is 1. The van der Waals surface area contributed by atoms with Crippen LogP contribution in [-0.4, -0.2) is 40.6 Å². The summed E-state index contributed by atoms with van der Waals surface area (Å²) in [7, 11) is 3.75. The molecule has 0 unspecified atom stereocenters. The lowest BCUT2D eigenvalue weighted by Crippen LogP contribution is -2.20. The lowest BCUT2D eigenvalue weighted by Gasteiger charge is -2.23. The average Bonchev–Trinajstić information content (AvgIpc) is 3.12. The van der Waals surface area contributed by atoms with Gasteiger partial charge in [0.15, 0.2) is 10.6 Å². The first kappa shape index (κ1) is 22.9. The minimum atomic E-state index is 0.169. The van der Waals surface area contributed by atoms with Gasteiger partial charge < -0.3 is 14.7 Å². The van der Waals surface area contributed by atoms with Crippen LogP contribution < -0.4 is 9.64 Å². The number of benzene rings is 2. The van der Waals surface area contributed by atoms with Crippen molar-refractivity contribution in [1.29, 1.82) is 0 Å². The SMILES string of the molecule is COc1ccc(-n2c(-c3cc(C(C)C)ccc3O)n[nH]c2=S)cc1N(C)CCC(C)C. The fourth-order valence-electron chi connectivity index (χ4n) is 3.50. The summed E-state index contributed by atoms with van der Waals surface area (Å²) in [4.78, 5) is 2.20. The first-order valence-electron chi connectivity index (χ1n) is 10.6. The van der Waals surface area contributed by atoms with Gasteiger partial charge in [-0.15, -0.1) is 0 Å². The number of aromatic nitrogens is 3. The van der Waals surface area contributed by atoms with Gasteiger partial charge in [0, 0.05) is 13.6 Å². The number of hydrogen-bond acceptors (Lipinski definition) is 5. The van der Waals surface area contributed by atoms with Crippen molar-refractivity contribution < 1.29 is 9.84 Å². The standard InChI is InChI=1S/C24H32N4O2S/c1-15(2)11-12-27(5)20-14-18(8-10-22(20)30-6)28-23(25-26-24(28)31)19-13-17(16(3)4)7-9-21(19)29/h7-10,13-16,29H,11-12H2,1-6H3,(H,26,31). The van der Waals surface area contributed by atoms with E-state index < -0.39 is 0 Å². The Morgan fingerprint density at radius 1 is 1.16 bits per heavy atom. The normalized spacial score (nSPS) is 11.4. The van der Waals surface area contributed by atoms with Crippen molar-refractivity contribution in [3.63, 3.8) is 0 Å². The van der Waals surface area contributed by atoms with Gasteiger partial charge in [-0.2, -0.15) is 5.10 Å². The molecule has 2 N–H and O–H groups in total. The molecule has 0 aliphatic carbocycles. The fraction of sp³-hybridized carbons (Fsp3) is 0.417. The van der Waals surface area contributed by atoms with E-state index >= 15 is 0 Å². The molecule has 0 aliphatic rings. The summed E-state index contributed by atoms with van der Waals surface area (Å²) in [5, 5.41) is 17.9. The molecule has 31 heavy (non-hydrogen) atoms. The van der Waals surface area contributed by atoms with Crippen LogP contribution in [-0.2, 0) is 0 Å². The number of methoxy groups -OCH3 is 1. The highest BCUT2D eigenvalue weighted by molar-refractivity contribution is 7.71. The van der Waals surface area contributed by atoms with Crippen molar-refractivity contribution in [3.8, 4) is 28.6 Å². The van der Waals surface area contributed by atoms with E-state index in [2.05, 4.69) is 55.9 Å². The van der Waals surface area contributed by atoms with Gasteiger partial charge in [0.2, 0.25) is 0 Å². The zero-order chi connectivity index (χ0) is 22.7. The third-order valence-electron chi connectivity index (χ3n) is 5.47. The molecule has 7 heteroatoms. The molecule has 0 fully saturated rings. The molecule has 0 atom stereocenters. The minimum Gasteiger partial charge on any atom is -0.507 e. The van der Waals surface area contributed by atoms with Gasteiger partial charge in [-0.1, -0.05) is 33.8 Å². The number of hydrogen-bond donors (Lipinski definition) is 2. The third kappa shape index (κ3) is 4.93. The molecule has 1 heterocycles. The molecule has 3 rings (SSSR count). The summed E-state index contributed by atoms with van der Waals surface area (Å²) in [5.41, 5.74) is 3.60. The largest absolute Gasteiger partial charge is 0.507 e. The van der Waals surface area contributed by atoms with E-state index in [9.17, 15) is 5.11 Å². The van der Waals surface area contributed by atoms with Gasteiger partial charge in [0.1, 0.15) is 11.5 Å². The molecule has 0 saturated carbocycles. The number of nitrogens with zero attached hydrogens (tertiary/aromatic N) is 3. The summed E-state index contributed by atoms with van der Waals surface area (Å²) in [6, 6.07) is 11.6. The van der Waals surface area contributed by atoms with Crippen LogP contribution in [0.15, 0.2) is 36.4 Å². The molecular weight excluding hydrogens is 408 g/mol. The number of nitrogens with one attached hydrogen (secondary N) is 1. The van der Waals surface area contributed by atoms with Crippen molar-refractivity contribution in [2.45, 2.75) is 40.0 Å². The molecule has 1 aromatic heterocycles. The number of rotatable bonds is 8. The number of phenolic OH excluding ortho intramolecular Hbond substituents is 1. The molecule has 2 aromatic carbocycles. The smallest absolute Gasteiger partial charge is 0.200 e. The molecule has 6 nitrogen and oxygen atoms in total. The van der Waals surface area contributed by atoms with Crippen LogP contribution >= 0.6 is 12.2 Å². The van der Waals surface area contributed by atoms with Crippen molar-refractivity contribution in [2.24, 2.45) is 5.92 Å². The first-order chi connectivity index (χ1) is 14.7. The highest BCUT2D eigenvalue weighted by Gasteiger charge is 2.18. The van der Waals surface area contributed by atoms with E-state index in [1.807, 2.05) is 28.8 Å². The Morgan fingerprint density at radius 3 is 2.55 bits per heavy atom. The number of H-pyrrole nitrogens is 1. The van der Waals surface area contributed by atoms with Gasteiger partial charge in [0.05, 0.1) is 24.0 Å². The molecular formula is C24H32N4O2S. The van der Waals surface area contributed by atoms with E-state index in [1.165, 1.54) is 0 Å². The van der Waals surface area contributed by atoms with Gasteiger partial charge in [0.25, 0.3) is 0 Å². The van der Waals surface area contributed by atoms with Crippen molar-refractivity contribution in [3.05, 3.63) is 46.7 Å². The predicted octanol–water partition coefficient (Wildman–Crippen LogP) is 5.92. The summed E-state index contributed by atoms with van der Waals surface area (Å²) in [6.07, 6.45) is 1.08. The highest BCUT2D eigenvalue weighted by atomic mass is 32.1. The molecule has 3 aromatic rings. The second kappa shape index (κ2) is 9.56. The quantitative estimate of drug-likeness (QED) is 0.426. The predicted molar refractivity (Wildman–Crippen MR) is 129 cm³/mol. The molecule has 0 saturated heterocycles. The Bertz CT molecular complexity index is 1100. The van der Waals surface area contributed by atoms with Crippen molar-refractivity contribution in [2.75, 3.05) is 25.6 Å². The summed E-state index contributed by atoms with van der Waals surface area (Å²) < 4.78 is 7.93. The molecule has 0 aliphatic heterocycles. The summed E-state index contributed by atoms with van der Waals surface area (Å²) in [6.45, 7) is 9.59. The second-order valence-corrected chi connectivity index (χ2v) is 8.97. The van der Waals surface area contributed by atoms with E-state index in [1.54, 1.807) is 13.2 Å². The Labute approximate surface area is 189 Å². The van der Waals surface area contributed by atoms with Crippen LogP contribution in [0.4, 0.5) is 5.69 Å². The van der Waals surface area contributed by atoms with Crippen LogP contribution in [0.5, 0.6) is 11.5 Å². The maximum Gasteiger partial charge on any atom is 0.200 e. The maximum atomic E-state index is 10.6. The van der Waals surface area contributed by atoms with Crippen LogP contribution in [0.2, 0.25) is 0 Å². The van der Waals surface area contributed by atoms with Crippen molar-refractivity contribution >= 4 is 17.9 Å². The lowest BCUT2D eigenvalue weighted by molar-refractivity contribution is 0.414. The molecule has 0 amide bonds. The topological polar surface area (TPSA) is 66.3 Å². The van der Waals surface area contributed by atoms with Crippen LogP contribution in [0.1, 0.15) is 45.6 Å². The molecule has 0 spiro atoms. The van der Waals surface area contributed by atoms with E-state index in [0.29, 0.717) is 28.0 Å². The summed E-state index contributed by atoms with van der Waals surface area (Å²) >= 11 is 5.56. The highest BCUT2D eigenvalue weighted by Crippen LogP contribution is 2.35. The van der Waals surface area contributed by atoms with Gasteiger partial charge in [-0.3, -0.25) is 9.67 Å². The molecule has 166 valence electrons. The number of anilines is 1. The van der Waals surface area contributed by atoms with Crippen molar-refractivity contribution in [1.82, 2.24) is 14.8 Å². The second-order valence-electron chi connectivity index (χ2n) is 8.58. The van der Waals surface area contributed by atoms with Gasteiger partial charge >= 0.3 is 0 Å². The molecule has 0 bridgehead atoms. The lowest BCUT2D eigenvalue weighted by atomic mass is 10.00. The van der Waals surface area contributed by atoms with E-state index in [4.69, 9.17) is 17.0 Å². The van der Waals surface area contributed by atoms with E-state index in [0.717, 1.165) is 35.7 Å². The Hall–Kier alpha value is -2.80. The van der Waals surface area contributed by atoms with Gasteiger partial charge in [-0.25, -0.2) is 0 Å². The number of aromatic hydroxyl groups is 1. The Morgan fingerprint density at radius 2 is 1.90 bits per heavy atom. The first-order valence-corrected chi connectivity index (χ1v) is 11.0. The average molecular weight is 441 g/mol. The molecule has 0 radical (unpaired) electrons. The van der Waals surface area contributed by atoms with Crippen LogP contribution in [0, 0.1) is 10.7 Å². The zero-order valence-corrected chi connectivity index (χ0v) is 20.0. The monoisotopic (exact) mass is 440 g/mol. The Kier molecular flexibility index (Phi) is 7.05. The third-order valence-corrected chi connectivity index (χ3v) is 5.75. The number of ether oxygens (including phenoxy) is 1. The zero-order valence-electron chi connectivity index (χ0n) is 19.1. The summed E-state index contributed by atoms with van der Waals surface area (Å²) in [5.74, 6) is 2.49. The van der Waals surface area contributed by atoms with Crippen LogP contribution in [0.25, 0.3) is 17.1 Å². The number of aromatic amines is 1. The Balaban J connectivity index is 2.11. The maximum absolute atomic E-state index is 10.6. The fourth-order valence-corrected chi connectivity index (χ4v) is 3.73. The van der Waals surface area contributed by atoms with Gasteiger partial charge in [-0.05, 0) is 66.4 Å². The van der Waals surface area contributed by atoms with E-state index in [-0.39, 0.29) is 5.75 Å². The minimum absolute atomic E-state index is 0.169.